The molecule has 2 N–H and O–H groups in total. The molecule has 98 valence electrons. The molecule has 0 unspecified atom stereocenters. The van der Waals surface area contributed by atoms with Crippen molar-refractivity contribution in [1.82, 2.24) is 19.3 Å². The highest BCUT2D eigenvalue weighted by molar-refractivity contribution is 5.72. The van der Waals surface area contributed by atoms with Crippen LogP contribution in [0.15, 0.2) is 6.20 Å². The molecule has 0 aliphatic rings. The molecule has 0 radical (unpaired) electrons. The van der Waals surface area contributed by atoms with E-state index >= 15 is 0 Å². The number of nitrogens with zero attached hydrogens (tertiary/aromatic N) is 4. The van der Waals surface area contributed by atoms with E-state index in [1.54, 1.807) is 4.68 Å². The molecule has 0 aliphatic carbocycles. The summed E-state index contributed by atoms with van der Waals surface area (Å²) in [6, 6.07) is 0. The lowest BCUT2D eigenvalue weighted by Crippen LogP contribution is -2.09. The predicted molar refractivity (Wildman–Crippen MR) is 73.2 cm³/mol. The quantitative estimate of drug-likeness (QED) is 0.904. The first-order valence-electron chi connectivity index (χ1n) is 6.23. The molecule has 0 amide bonds. The standard InChI is InChI=1S/C13H21N5/c1-8(2)6-18-10(4)15-12(13(18)14)11-7-17(5)16-9(11)3/h7-8H,6,14H2,1-5H3. The van der Waals surface area contributed by atoms with Crippen LogP contribution in [0.4, 0.5) is 5.82 Å². The summed E-state index contributed by atoms with van der Waals surface area (Å²) >= 11 is 0. The molecule has 2 aromatic heterocycles. The van der Waals surface area contributed by atoms with Crippen LogP contribution in [0.1, 0.15) is 25.4 Å². The zero-order chi connectivity index (χ0) is 13.4. The Kier molecular flexibility index (Phi) is 3.15. The van der Waals surface area contributed by atoms with Gasteiger partial charge in [-0.3, -0.25) is 4.68 Å². The smallest absolute Gasteiger partial charge is 0.131 e. The average Bonchev–Trinajstić information content (AvgIpc) is 2.72. The summed E-state index contributed by atoms with van der Waals surface area (Å²) < 4.78 is 3.87. The second kappa shape index (κ2) is 4.48. The van der Waals surface area contributed by atoms with E-state index in [1.807, 2.05) is 27.1 Å². The third-order valence-corrected chi connectivity index (χ3v) is 3.01. The molecule has 2 heterocycles. The van der Waals surface area contributed by atoms with Gasteiger partial charge in [0.05, 0.1) is 5.69 Å². The van der Waals surface area contributed by atoms with E-state index in [2.05, 4.69) is 28.5 Å². The highest BCUT2D eigenvalue weighted by atomic mass is 15.3. The zero-order valence-corrected chi connectivity index (χ0v) is 11.7. The van der Waals surface area contributed by atoms with Crippen LogP contribution in [-0.4, -0.2) is 19.3 Å². The Morgan fingerprint density at radius 2 is 2.00 bits per heavy atom. The minimum atomic E-state index is 0.544. The third-order valence-electron chi connectivity index (χ3n) is 3.01. The fourth-order valence-corrected chi connectivity index (χ4v) is 2.21. The maximum atomic E-state index is 6.23. The number of anilines is 1. The monoisotopic (exact) mass is 247 g/mol. The van der Waals surface area contributed by atoms with Gasteiger partial charge in [0, 0.05) is 25.4 Å². The summed E-state index contributed by atoms with van der Waals surface area (Å²) in [6.45, 7) is 9.21. The Bertz CT molecular complexity index is 562. The number of nitrogens with two attached hydrogens (primary N) is 1. The van der Waals surface area contributed by atoms with Crippen LogP contribution < -0.4 is 5.73 Å². The van der Waals surface area contributed by atoms with Gasteiger partial charge in [-0.25, -0.2) is 4.98 Å². The zero-order valence-electron chi connectivity index (χ0n) is 11.7. The maximum Gasteiger partial charge on any atom is 0.131 e. The lowest BCUT2D eigenvalue weighted by Gasteiger charge is -2.10. The maximum absolute atomic E-state index is 6.23. The minimum Gasteiger partial charge on any atom is -0.383 e. The normalized spacial score (nSPS) is 11.4. The van der Waals surface area contributed by atoms with Crippen molar-refractivity contribution in [3.8, 4) is 11.3 Å². The number of hydrogen-bond acceptors (Lipinski definition) is 3. The molecule has 0 atom stereocenters. The number of hydrogen-bond donors (Lipinski definition) is 1. The Hall–Kier alpha value is -1.78. The van der Waals surface area contributed by atoms with Gasteiger partial charge in [0.2, 0.25) is 0 Å². The summed E-state index contributed by atoms with van der Waals surface area (Å²) in [5, 5.41) is 4.34. The highest BCUT2D eigenvalue weighted by Crippen LogP contribution is 2.28. The van der Waals surface area contributed by atoms with Crippen LogP contribution in [0.5, 0.6) is 0 Å². The van der Waals surface area contributed by atoms with Gasteiger partial charge in [-0.1, -0.05) is 13.8 Å². The molecule has 5 heteroatoms. The van der Waals surface area contributed by atoms with Crippen molar-refractivity contribution in [3.05, 3.63) is 17.7 Å². The van der Waals surface area contributed by atoms with E-state index in [-0.39, 0.29) is 0 Å². The molecule has 2 rings (SSSR count). The van der Waals surface area contributed by atoms with E-state index in [1.165, 1.54) is 0 Å². The van der Waals surface area contributed by atoms with E-state index < -0.39 is 0 Å². The van der Waals surface area contributed by atoms with Crippen LogP contribution in [0.2, 0.25) is 0 Å². The van der Waals surface area contributed by atoms with Crippen LogP contribution >= 0.6 is 0 Å². The number of aromatic nitrogens is 4. The molecule has 5 nitrogen and oxygen atoms in total. The van der Waals surface area contributed by atoms with Gasteiger partial charge < -0.3 is 10.3 Å². The Balaban J connectivity index is 2.50. The van der Waals surface area contributed by atoms with Gasteiger partial charge in [0.15, 0.2) is 0 Å². The number of nitrogen functional groups attached to an aromatic ring is 1. The van der Waals surface area contributed by atoms with Crippen LogP contribution in [0, 0.1) is 19.8 Å². The molecule has 0 bridgehead atoms. The SMILES string of the molecule is Cc1nn(C)cc1-c1nc(C)n(CC(C)C)c1N. The number of aryl methyl sites for hydroxylation is 3. The lowest BCUT2D eigenvalue weighted by molar-refractivity contribution is 0.518. The summed E-state index contributed by atoms with van der Waals surface area (Å²) in [6.07, 6.45) is 1.97. The van der Waals surface area contributed by atoms with Gasteiger partial charge >= 0.3 is 0 Å². The van der Waals surface area contributed by atoms with Gasteiger partial charge in [0.25, 0.3) is 0 Å². The molecular formula is C13H21N5. The van der Waals surface area contributed by atoms with Gasteiger partial charge in [0.1, 0.15) is 17.3 Å². The molecule has 0 aromatic carbocycles. The van der Waals surface area contributed by atoms with Crippen molar-refractivity contribution in [2.24, 2.45) is 13.0 Å². The second-order valence-electron chi connectivity index (χ2n) is 5.20. The van der Waals surface area contributed by atoms with Crippen molar-refractivity contribution >= 4 is 5.82 Å². The van der Waals surface area contributed by atoms with Crippen molar-refractivity contribution in [1.29, 1.82) is 0 Å². The van der Waals surface area contributed by atoms with Crippen molar-refractivity contribution in [2.45, 2.75) is 34.2 Å². The van der Waals surface area contributed by atoms with Gasteiger partial charge in [-0.05, 0) is 19.8 Å². The van der Waals surface area contributed by atoms with Gasteiger partial charge in [-0.15, -0.1) is 0 Å². The molecule has 0 saturated heterocycles. The van der Waals surface area contributed by atoms with Crippen molar-refractivity contribution in [2.75, 3.05) is 5.73 Å². The Labute approximate surface area is 108 Å². The lowest BCUT2D eigenvalue weighted by atomic mass is 10.2. The molecule has 18 heavy (non-hydrogen) atoms. The number of rotatable bonds is 3. The van der Waals surface area contributed by atoms with E-state index in [4.69, 9.17) is 5.73 Å². The molecule has 0 fully saturated rings. The summed E-state index contributed by atoms with van der Waals surface area (Å²) in [4.78, 5) is 4.59. The molecule has 0 aliphatic heterocycles. The van der Waals surface area contributed by atoms with Gasteiger partial charge in [-0.2, -0.15) is 5.10 Å². The van der Waals surface area contributed by atoms with Crippen LogP contribution in [0.25, 0.3) is 11.3 Å². The fraction of sp³-hybridized carbons (Fsp3) is 0.538. The number of imidazole rings is 1. The summed E-state index contributed by atoms with van der Waals surface area (Å²) in [5.74, 6) is 2.24. The third kappa shape index (κ3) is 2.12. The Morgan fingerprint density at radius 3 is 2.50 bits per heavy atom. The molecular weight excluding hydrogens is 226 g/mol. The Morgan fingerprint density at radius 1 is 1.33 bits per heavy atom. The fourth-order valence-electron chi connectivity index (χ4n) is 2.21. The van der Waals surface area contributed by atoms with E-state index in [0.717, 1.165) is 35.1 Å². The van der Waals surface area contributed by atoms with Crippen LogP contribution in [0.3, 0.4) is 0 Å². The second-order valence-corrected chi connectivity index (χ2v) is 5.20. The van der Waals surface area contributed by atoms with Crippen molar-refractivity contribution in [3.63, 3.8) is 0 Å². The molecule has 0 spiro atoms. The van der Waals surface area contributed by atoms with E-state index in [0.29, 0.717) is 5.92 Å². The van der Waals surface area contributed by atoms with Crippen molar-refractivity contribution < 1.29 is 0 Å². The first-order valence-corrected chi connectivity index (χ1v) is 6.23. The molecule has 0 saturated carbocycles. The summed E-state index contributed by atoms with van der Waals surface area (Å²) in [7, 11) is 1.91. The van der Waals surface area contributed by atoms with Crippen LogP contribution in [-0.2, 0) is 13.6 Å². The van der Waals surface area contributed by atoms with E-state index in [9.17, 15) is 0 Å². The largest absolute Gasteiger partial charge is 0.383 e. The predicted octanol–water partition coefficient (Wildman–Crippen LogP) is 2.14. The average molecular weight is 247 g/mol. The molecule has 2 aromatic rings. The highest BCUT2D eigenvalue weighted by Gasteiger charge is 2.17. The minimum absolute atomic E-state index is 0.544. The summed E-state index contributed by atoms with van der Waals surface area (Å²) in [5.41, 5.74) is 9.04. The first-order chi connectivity index (χ1) is 8.40. The topological polar surface area (TPSA) is 61.7 Å². The first kappa shape index (κ1) is 12.7.